The lowest BCUT2D eigenvalue weighted by Crippen LogP contribution is -2.32. The maximum atomic E-state index is 13.3. The number of aryl methyl sites for hydroxylation is 1. The maximum Gasteiger partial charge on any atom is 0.295 e. The summed E-state index contributed by atoms with van der Waals surface area (Å²) in [5.74, 6) is -0.653. The van der Waals surface area contributed by atoms with Crippen LogP contribution in [0.3, 0.4) is 0 Å². The molecule has 2 heterocycles. The van der Waals surface area contributed by atoms with Crippen LogP contribution >= 0.6 is 0 Å². The number of rotatable bonds is 8. The van der Waals surface area contributed by atoms with E-state index < -0.39 is 17.7 Å². The second-order valence-electron chi connectivity index (χ2n) is 8.93. The quantitative estimate of drug-likeness (QED) is 0.290. The van der Waals surface area contributed by atoms with E-state index in [1.54, 1.807) is 31.4 Å². The number of para-hydroxylation sites is 1. The van der Waals surface area contributed by atoms with Crippen molar-refractivity contribution < 1.29 is 24.2 Å². The Hall–Kier alpha value is -3.58. The lowest BCUT2D eigenvalue weighted by Gasteiger charge is -2.25. The Morgan fingerprint density at radius 1 is 1.15 bits per heavy atom. The van der Waals surface area contributed by atoms with Crippen molar-refractivity contribution in [2.45, 2.75) is 26.8 Å². The molecule has 0 bridgehead atoms. The smallest absolute Gasteiger partial charge is 0.295 e. The number of methoxy groups -OCH3 is 1. The number of carbonyl (C=O) groups is 2. The molecule has 1 aliphatic rings. The molecule has 3 aromatic rings. The number of benzene rings is 2. The van der Waals surface area contributed by atoms with Gasteiger partial charge in [-0.25, -0.2) is 0 Å². The van der Waals surface area contributed by atoms with Crippen LogP contribution in [-0.4, -0.2) is 53.5 Å². The van der Waals surface area contributed by atoms with E-state index in [0.29, 0.717) is 23.8 Å². The number of aromatic amines is 1. The van der Waals surface area contributed by atoms with Crippen molar-refractivity contribution in [2.75, 3.05) is 26.9 Å². The van der Waals surface area contributed by atoms with Gasteiger partial charge in [0.05, 0.1) is 24.8 Å². The molecule has 0 radical (unpaired) electrons. The van der Waals surface area contributed by atoms with Gasteiger partial charge >= 0.3 is 0 Å². The molecule has 1 unspecified atom stereocenters. The van der Waals surface area contributed by atoms with Gasteiger partial charge < -0.3 is 24.5 Å². The Morgan fingerprint density at radius 2 is 1.91 bits per heavy atom. The number of ketones is 1. The molecule has 0 aliphatic carbocycles. The third-order valence-electron chi connectivity index (χ3n) is 5.98. The average molecular weight is 463 g/mol. The fourth-order valence-corrected chi connectivity index (χ4v) is 4.40. The van der Waals surface area contributed by atoms with Gasteiger partial charge in [0.25, 0.3) is 11.7 Å². The van der Waals surface area contributed by atoms with Crippen LogP contribution in [0.25, 0.3) is 16.7 Å². The summed E-state index contributed by atoms with van der Waals surface area (Å²) >= 11 is 0. The largest absolute Gasteiger partial charge is 0.507 e. The van der Waals surface area contributed by atoms with Gasteiger partial charge in [-0.3, -0.25) is 9.59 Å². The number of aromatic nitrogens is 1. The van der Waals surface area contributed by atoms with Crippen LogP contribution in [0, 0.1) is 12.8 Å². The molecule has 1 amide bonds. The Bertz CT molecular complexity index is 1260. The Balaban J connectivity index is 1.88. The Kier molecular flexibility index (Phi) is 6.75. The molecule has 4 rings (SSSR count). The molecular weight excluding hydrogens is 432 g/mol. The number of hydrogen-bond donors (Lipinski definition) is 2. The summed E-state index contributed by atoms with van der Waals surface area (Å²) in [7, 11) is 1.55. The fraction of sp³-hybridized carbons (Fsp3) is 0.333. The van der Waals surface area contributed by atoms with Crippen LogP contribution < -0.4 is 4.74 Å². The minimum atomic E-state index is -0.744. The number of Topliss-reactive ketones (excluding diaryl/α,β-unsaturated/α-hetero) is 1. The topological polar surface area (TPSA) is 91.9 Å². The Morgan fingerprint density at radius 3 is 2.65 bits per heavy atom. The second-order valence-corrected chi connectivity index (χ2v) is 8.93. The number of H-pyrrole nitrogens is 1. The molecule has 0 saturated carbocycles. The zero-order chi connectivity index (χ0) is 24.4. The summed E-state index contributed by atoms with van der Waals surface area (Å²) in [6.45, 7) is 7.03. The minimum absolute atomic E-state index is 0.0648. The van der Waals surface area contributed by atoms with Gasteiger partial charge in [0.15, 0.2) is 0 Å². The number of likely N-dealkylation sites (tertiary alicyclic amines) is 1. The molecule has 1 fully saturated rings. The van der Waals surface area contributed by atoms with E-state index in [9.17, 15) is 14.7 Å². The highest BCUT2D eigenvalue weighted by atomic mass is 16.5. The highest BCUT2D eigenvalue weighted by molar-refractivity contribution is 6.46. The number of nitrogens with zero attached hydrogens (tertiary/aromatic N) is 1. The summed E-state index contributed by atoms with van der Waals surface area (Å²) in [4.78, 5) is 31.2. The molecule has 1 aliphatic heterocycles. The van der Waals surface area contributed by atoms with Crippen molar-refractivity contribution in [1.82, 2.24) is 9.88 Å². The number of ether oxygens (including phenoxy) is 2. The van der Waals surface area contributed by atoms with E-state index in [2.05, 4.69) is 18.8 Å². The first kappa shape index (κ1) is 23.6. The minimum Gasteiger partial charge on any atom is -0.507 e. The van der Waals surface area contributed by atoms with Crippen LogP contribution in [-0.2, 0) is 14.3 Å². The number of fused-ring (bicyclic) bond motifs is 1. The first-order valence-corrected chi connectivity index (χ1v) is 11.4. The molecule has 0 spiro atoms. The molecule has 1 saturated heterocycles. The number of hydrogen-bond acceptors (Lipinski definition) is 5. The zero-order valence-corrected chi connectivity index (χ0v) is 19.9. The molecule has 7 nitrogen and oxygen atoms in total. The zero-order valence-electron chi connectivity index (χ0n) is 19.9. The summed E-state index contributed by atoms with van der Waals surface area (Å²) in [6.07, 6.45) is 0. The number of aliphatic hydroxyl groups excluding tert-OH is 1. The number of amides is 1. The second kappa shape index (κ2) is 9.73. The summed E-state index contributed by atoms with van der Waals surface area (Å²) in [6, 6.07) is 14.0. The van der Waals surface area contributed by atoms with Crippen molar-refractivity contribution in [3.05, 3.63) is 70.9 Å². The summed E-state index contributed by atoms with van der Waals surface area (Å²) in [5, 5.41) is 12.3. The highest BCUT2D eigenvalue weighted by Gasteiger charge is 2.47. The van der Waals surface area contributed by atoms with E-state index in [1.807, 2.05) is 31.2 Å². The van der Waals surface area contributed by atoms with Gasteiger partial charge in [0.2, 0.25) is 0 Å². The van der Waals surface area contributed by atoms with E-state index >= 15 is 0 Å². The van der Waals surface area contributed by atoms with Gasteiger partial charge in [-0.1, -0.05) is 44.2 Å². The molecule has 2 N–H and O–H groups in total. The molecule has 178 valence electrons. The normalized spacial score (nSPS) is 17.8. The Labute approximate surface area is 199 Å². The molecule has 2 aromatic carbocycles. The van der Waals surface area contributed by atoms with Crippen LogP contribution in [0.4, 0.5) is 0 Å². The maximum absolute atomic E-state index is 13.3. The van der Waals surface area contributed by atoms with Crippen LogP contribution in [0.2, 0.25) is 0 Å². The molecule has 34 heavy (non-hydrogen) atoms. The molecular formula is C27H30N2O5. The van der Waals surface area contributed by atoms with Crippen LogP contribution in [0.15, 0.2) is 54.1 Å². The van der Waals surface area contributed by atoms with E-state index in [-0.39, 0.29) is 24.5 Å². The molecule has 7 heteroatoms. The van der Waals surface area contributed by atoms with Gasteiger partial charge in [0.1, 0.15) is 11.5 Å². The standard InChI is InChI=1S/C27H30N2O5/c1-16(2)15-34-19-9-7-8-18(14-19)25(30)23-24(29(12-13-33-4)27(32)26(23)31)22-17(3)28-21-11-6-5-10-20(21)22/h5-11,14,16,24,28,30H,12-13,15H2,1-4H3/b25-23+. The van der Waals surface area contributed by atoms with E-state index in [1.165, 1.54) is 4.90 Å². The first-order chi connectivity index (χ1) is 16.3. The predicted octanol–water partition coefficient (Wildman–Crippen LogP) is 4.58. The number of aliphatic hydroxyl groups is 1. The predicted molar refractivity (Wildman–Crippen MR) is 131 cm³/mol. The van der Waals surface area contributed by atoms with Crippen molar-refractivity contribution in [1.29, 1.82) is 0 Å². The van der Waals surface area contributed by atoms with Crippen LogP contribution in [0.1, 0.15) is 36.7 Å². The molecule has 1 atom stereocenters. The summed E-state index contributed by atoms with van der Waals surface area (Å²) in [5.41, 5.74) is 3.01. The van der Waals surface area contributed by atoms with E-state index in [0.717, 1.165) is 22.2 Å². The van der Waals surface area contributed by atoms with Crippen LogP contribution in [0.5, 0.6) is 5.75 Å². The first-order valence-electron chi connectivity index (χ1n) is 11.4. The van der Waals surface area contributed by atoms with Crippen molar-refractivity contribution in [3.8, 4) is 5.75 Å². The lowest BCUT2D eigenvalue weighted by atomic mass is 9.93. The SMILES string of the molecule is COCCN1C(=O)C(=O)/C(=C(/O)c2cccc(OCC(C)C)c2)C1c1c(C)[nH]c2ccccc12. The monoisotopic (exact) mass is 462 g/mol. The number of nitrogens with one attached hydrogen (secondary N) is 1. The van der Waals surface area contributed by atoms with E-state index in [4.69, 9.17) is 9.47 Å². The third-order valence-corrected chi connectivity index (χ3v) is 5.98. The van der Waals surface area contributed by atoms with Gasteiger partial charge in [-0.05, 0) is 31.0 Å². The van der Waals surface area contributed by atoms with Gasteiger partial charge in [-0.15, -0.1) is 0 Å². The highest BCUT2D eigenvalue weighted by Crippen LogP contribution is 2.43. The van der Waals surface area contributed by atoms with Gasteiger partial charge in [0, 0.05) is 41.4 Å². The third kappa shape index (κ3) is 4.31. The van der Waals surface area contributed by atoms with Crippen molar-refractivity contribution >= 4 is 28.4 Å². The number of carbonyl (C=O) groups excluding carboxylic acids is 2. The van der Waals surface area contributed by atoms with Crippen molar-refractivity contribution in [2.24, 2.45) is 5.92 Å². The lowest BCUT2D eigenvalue weighted by molar-refractivity contribution is -0.140. The van der Waals surface area contributed by atoms with Gasteiger partial charge in [-0.2, -0.15) is 0 Å². The molecule has 1 aromatic heterocycles. The summed E-state index contributed by atoms with van der Waals surface area (Å²) < 4.78 is 11.0. The van der Waals surface area contributed by atoms with Crippen molar-refractivity contribution in [3.63, 3.8) is 0 Å². The average Bonchev–Trinajstić information content (AvgIpc) is 3.28. The fourth-order valence-electron chi connectivity index (χ4n) is 4.40.